The average molecular weight is 423 g/mol. The number of likely N-dealkylation sites (tertiary alicyclic amines) is 1. The van der Waals surface area contributed by atoms with Crippen LogP contribution in [0.3, 0.4) is 0 Å². The van der Waals surface area contributed by atoms with Crippen molar-refractivity contribution in [1.29, 1.82) is 0 Å². The molecule has 0 bridgehead atoms. The number of benzene rings is 1. The second-order valence-electron chi connectivity index (χ2n) is 6.38. The molecule has 0 unspecified atom stereocenters. The van der Waals surface area contributed by atoms with E-state index < -0.39 is 30.0 Å². The van der Waals surface area contributed by atoms with E-state index in [1.165, 1.54) is 12.1 Å². The highest BCUT2D eigenvalue weighted by Gasteiger charge is 2.66. The molecule has 1 aromatic rings. The molecule has 154 valence electrons. The average Bonchev–Trinajstić information content (AvgIpc) is 3.00. The van der Waals surface area contributed by atoms with Crippen molar-refractivity contribution in [2.75, 3.05) is 19.7 Å². The van der Waals surface area contributed by atoms with Gasteiger partial charge in [-0.05, 0) is 31.9 Å². The summed E-state index contributed by atoms with van der Waals surface area (Å²) in [4.78, 5) is 25.5. The van der Waals surface area contributed by atoms with Crippen LogP contribution < -0.4 is 14.8 Å². The highest BCUT2D eigenvalue weighted by atomic mass is 35.5. The lowest BCUT2D eigenvalue weighted by molar-refractivity contribution is -0.318. The Hall–Kier alpha value is -2.36. The highest BCUT2D eigenvalue weighted by molar-refractivity contribution is 6.30. The van der Waals surface area contributed by atoms with Gasteiger partial charge in [-0.1, -0.05) is 11.6 Å². The van der Waals surface area contributed by atoms with Crippen molar-refractivity contribution in [3.05, 3.63) is 23.2 Å². The maximum absolute atomic E-state index is 13.7. The maximum Gasteiger partial charge on any atom is 0.492 e. The van der Waals surface area contributed by atoms with Crippen LogP contribution in [0.2, 0.25) is 5.02 Å². The van der Waals surface area contributed by atoms with Crippen molar-refractivity contribution >= 4 is 23.6 Å². The van der Waals surface area contributed by atoms with Crippen LogP contribution in [0.25, 0.3) is 0 Å². The lowest BCUT2D eigenvalue weighted by Crippen LogP contribution is -2.67. The fourth-order valence-corrected chi connectivity index (χ4v) is 3.21. The van der Waals surface area contributed by atoms with E-state index in [2.05, 4.69) is 0 Å². The van der Waals surface area contributed by atoms with Gasteiger partial charge in [0.15, 0.2) is 11.5 Å². The van der Waals surface area contributed by atoms with Gasteiger partial charge in [-0.15, -0.1) is 0 Å². The van der Waals surface area contributed by atoms with Gasteiger partial charge in [-0.3, -0.25) is 10.1 Å². The number of piperidine rings is 1. The molecule has 1 N–H and O–H groups in total. The third-order valence-electron chi connectivity index (χ3n) is 4.39. The number of halogens is 4. The second-order valence-corrected chi connectivity index (χ2v) is 6.81. The zero-order chi connectivity index (χ0) is 20.5. The van der Waals surface area contributed by atoms with Crippen LogP contribution in [-0.4, -0.2) is 48.7 Å². The number of esters is 1. The Kier molecular flexibility index (Phi) is 5.51. The van der Waals surface area contributed by atoms with E-state index in [0.29, 0.717) is 12.8 Å². The molecule has 0 aliphatic carbocycles. The lowest BCUT2D eigenvalue weighted by Gasteiger charge is -2.35. The molecule has 1 saturated heterocycles. The molecule has 2 aliphatic rings. The Bertz CT molecular complexity index is 776. The van der Waals surface area contributed by atoms with Gasteiger partial charge in [0.1, 0.15) is 0 Å². The first-order chi connectivity index (χ1) is 13.1. The van der Waals surface area contributed by atoms with Crippen LogP contribution in [0, 0.1) is 5.92 Å². The van der Waals surface area contributed by atoms with Crippen LogP contribution in [0.1, 0.15) is 19.8 Å². The van der Waals surface area contributed by atoms with E-state index in [4.69, 9.17) is 25.8 Å². The molecule has 0 radical (unpaired) electrons. The van der Waals surface area contributed by atoms with Gasteiger partial charge in [0, 0.05) is 24.2 Å². The number of rotatable bonds is 3. The molecule has 1 aromatic carbocycles. The molecule has 0 spiro atoms. The Morgan fingerprint density at radius 2 is 2.07 bits per heavy atom. The number of hydrogen-bond donors (Lipinski definition) is 1. The van der Waals surface area contributed by atoms with E-state index in [1.807, 2.05) is 0 Å². The predicted molar refractivity (Wildman–Crippen MR) is 91.0 cm³/mol. The SMILES string of the molecule is CCOC(=O)[C@@H]1CCCN(C(=O)N[C@]2(C(F)(F)F)Oc3ccc(Cl)cc3O2)C1. The summed E-state index contributed by atoms with van der Waals surface area (Å²) in [6.07, 6.45) is -4.14. The fraction of sp³-hybridized carbons (Fsp3) is 0.529. The number of carbonyl (C=O) groups is 2. The third-order valence-corrected chi connectivity index (χ3v) is 4.62. The van der Waals surface area contributed by atoms with Crippen LogP contribution in [0.4, 0.5) is 18.0 Å². The Morgan fingerprint density at radius 1 is 1.36 bits per heavy atom. The molecular weight excluding hydrogens is 405 g/mol. The normalized spacial score (nSPS) is 24.0. The lowest BCUT2D eigenvalue weighted by atomic mass is 9.98. The highest BCUT2D eigenvalue weighted by Crippen LogP contribution is 2.46. The Balaban J connectivity index is 1.76. The summed E-state index contributed by atoms with van der Waals surface area (Å²) in [6, 6.07) is 2.65. The van der Waals surface area contributed by atoms with Gasteiger partial charge in [0.2, 0.25) is 0 Å². The summed E-state index contributed by atoms with van der Waals surface area (Å²) in [7, 11) is 0. The number of urea groups is 1. The topological polar surface area (TPSA) is 77.1 Å². The largest absolute Gasteiger partial charge is 0.492 e. The number of carbonyl (C=O) groups excluding carboxylic acids is 2. The molecule has 11 heteroatoms. The standard InChI is InChI=1S/C17H18ClF3N2O5/c1-2-26-14(24)10-4-3-7-23(9-10)15(25)22-17(16(19,20)21)27-12-6-5-11(18)8-13(12)28-17/h5-6,8,10H,2-4,7,9H2,1H3,(H,22,25)/t10-,17-/m1/s1. The zero-order valence-electron chi connectivity index (χ0n) is 14.8. The van der Waals surface area contributed by atoms with E-state index >= 15 is 0 Å². The van der Waals surface area contributed by atoms with Crippen molar-refractivity contribution < 1.29 is 37.0 Å². The Morgan fingerprint density at radius 3 is 2.75 bits per heavy atom. The monoisotopic (exact) mass is 422 g/mol. The quantitative estimate of drug-likeness (QED) is 0.756. The summed E-state index contributed by atoms with van der Waals surface area (Å²) in [5, 5.41) is 1.94. The van der Waals surface area contributed by atoms with Crippen molar-refractivity contribution in [1.82, 2.24) is 10.2 Å². The van der Waals surface area contributed by atoms with Gasteiger partial charge in [-0.25, -0.2) is 4.79 Å². The number of nitrogens with zero attached hydrogens (tertiary/aromatic N) is 1. The third kappa shape index (κ3) is 3.91. The van der Waals surface area contributed by atoms with Gasteiger partial charge in [0.25, 0.3) is 0 Å². The summed E-state index contributed by atoms with van der Waals surface area (Å²) >= 11 is 5.77. The van der Waals surface area contributed by atoms with Crippen molar-refractivity contribution in [3.63, 3.8) is 0 Å². The molecule has 2 aliphatic heterocycles. The van der Waals surface area contributed by atoms with E-state index in [-0.39, 0.29) is 36.2 Å². The molecule has 7 nitrogen and oxygen atoms in total. The second kappa shape index (κ2) is 7.57. The number of ether oxygens (including phenoxy) is 3. The van der Waals surface area contributed by atoms with Gasteiger partial charge in [0.05, 0.1) is 12.5 Å². The van der Waals surface area contributed by atoms with Crippen molar-refractivity contribution in [3.8, 4) is 11.5 Å². The predicted octanol–water partition coefficient (Wildman–Crippen LogP) is 3.31. The smallest absolute Gasteiger partial charge is 0.466 e. The molecule has 0 saturated carbocycles. The number of alkyl halides is 3. The van der Waals surface area contributed by atoms with Crippen molar-refractivity contribution in [2.24, 2.45) is 5.92 Å². The number of fused-ring (bicyclic) bond motifs is 1. The zero-order valence-corrected chi connectivity index (χ0v) is 15.6. The molecular formula is C17H18ClF3N2O5. The van der Waals surface area contributed by atoms with Crippen LogP contribution in [0.5, 0.6) is 11.5 Å². The number of amides is 2. The van der Waals surface area contributed by atoms with E-state index in [1.54, 1.807) is 12.2 Å². The first-order valence-corrected chi connectivity index (χ1v) is 9.01. The number of hydrogen-bond acceptors (Lipinski definition) is 5. The van der Waals surface area contributed by atoms with Gasteiger partial charge >= 0.3 is 24.1 Å². The molecule has 0 aromatic heterocycles. The Labute approximate surface area is 163 Å². The van der Waals surface area contributed by atoms with Crippen LogP contribution in [0.15, 0.2) is 18.2 Å². The van der Waals surface area contributed by atoms with Crippen LogP contribution >= 0.6 is 11.6 Å². The minimum Gasteiger partial charge on any atom is -0.466 e. The molecule has 2 amide bonds. The summed E-state index contributed by atoms with van der Waals surface area (Å²) in [5.74, 6) is -4.91. The van der Waals surface area contributed by atoms with Crippen LogP contribution in [-0.2, 0) is 9.53 Å². The number of nitrogens with one attached hydrogen (secondary N) is 1. The van der Waals surface area contributed by atoms with Gasteiger partial charge in [-0.2, -0.15) is 13.2 Å². The first-order valence-electron chi connectivity index (χ1n) is 8.63. The van der Waals surface area contributed by atoms with E-state index in [9.17, 15) is 22.8 Å². The molecule has 28 heavy (non-hydrogen) atoms. The molecule has 2 atom stereocenters. The maximum atomic E-state index is 13.7. The summed E-state index contributed by atoms with van der Waals surface area (Å²) in [6.45, 7) is 1.96. The summed E-state index contributed by atoms with van der Waals surface area (Å²) < 4.78 is 56.0. The minimum absolute atomic E-state index is 0.0582. The molecule has 1 fully saturated rings. The molecule has 3 rings (SSSR count). The summed E-state index contributed by atoms with van der Waals surface area (Å²) in [5.41, 5.74) is 0. The van der Waals surface area contributed by atoms with Crippen molar-refractivity contribution in [2.45, 2.75) is 31.9 Å². The first kappa shape index (κ1) is 20.4. The fourth-order valence-electron chi connectivity index (χ4n) is 3.05. The minimum atomic E-state index is -5.08. The molecule has 2 heterocycles. The van der Waals surface area contributed by atoms with Gasteiger partial charge < -0.3 is 19.1 Å². The van der Waals surface area contributed by atoms with E-state index in [0.717, 1.165) is 11.0 Å².